The average molecular weight is 602 g/mol. The number of esters is 2. The maximum atomic E-state index is 14.4. The van der Waals surface area contributed by atoms with Gasteiger partial charge in [0.2, 0.25) is 0 Å². The van der Waals surface area contributed by atoms with Gasteiger partial charge >= 0.3 is 11.9 Å². The Kier molecular flexibility index (Phi) is 5.94. The minimum Gasteiger partial charge on any atom is -0.449 e. The lowest BCUT2D eigenvalue weighted by atomic mass is 9.31. The number of benzene rings is 1. The van der Waals surface area contributed by atoms with Gasteiger partial charge in [-0.2, -0.15) is 0 Å². The molecule has 9 rings (SSSR count). The maximum Gasteiger partial charge on any atom is 0.339 e. The highest BCUT2D eigenvalue weighted by Gasteiger charge is 2.91. The standard InChI is InChI=1S/C40H43NO4/c1-2-7-32-38-20-18-25-12-14-27-15-13-26-22-29-10-3-4-19-37(29,23-26)30(27)16-17-33(44-36(38)43)39(38,24-25)40(32)31-11-5-8-28(9-6-21-41)34(31)35(42)45-40/h3-5,8,10-11,17-20,25-27,29-30,32H,2,6-7,9,13,15-16,21-24,41H2,1H3. The van der Waals surface area contributed by atoms with E-state index in [1.54, 1.807) is 0 Å². The van der Waals surface area contributed by atoms with Crippen molar-refractivity contribution in [2.45, 2.75) is 76.7 Å². The summed E-state index contributed by atoms with van der Waals surface area (Å²) >= 11 is 0. The van der Waals surface area contributed by atoms with Crippen molar-refractivity contribution in [3.63, 3.8) is 0 Å². The van der Waals surface area contributed by atoms with Gasteiger partial charge in [0, 0.05) is 23.3 Å². The van der Waals surface area contributed by atoms with E-state index in [4.69, 9.17) is 15.2 Å². The molecule has 3 spiro atoms. The van der Waals surface area contributed by atoms with Gasteiger partial charge in [-0.05, 0) is 99.1 Å². The zero-order valence-corrected chi connectivity index (χ0v) is 26.2. The van der Waals surface area contributed by atoms with Gasteiger partial charge < -0.3 is 15.2 Å². The molecule has 4 fully saturated rings. The van der Waals surface area contributed by atoms with E-state index in [0.717, 1.165) is 61.3 Å². The molecule has 2 aliphatic heterocycles. The number of ether oxygens (including phenoxy) is 2. The lowest BCUT2D eigenvalue weighted by Gasteiger charge is -2.69. The van der Waals surface area contributed by atoms with Gasteiger partial charge in [0.05, 0.1) is 11.0 Å². The van der Waals surface area contributed by atoms with Crippen molar-refractivity contribution in [1.29, 1.82) is 0 Å². The molecule has 5 heteroatoms. The highest BCUT2D eigenvalue weighted by Crippen LogP contribution is 2.84. The number of hydrogen-bond acceptors (Lipinski definition) is 5. The third kappa shape index (κ3) is 3.20. The van der Waals surface area contributed by atoms with Crippen LogP contribution in [0.15, 0.2) is 66.5 Å². The summed E-state index contributed by atoms with van der Waals surface area (Å²) in [5.41, 5.74) is 5.94. The largest absolute Gasteiger partial charge is 0.449 e. The highest BCUT2D eigenvalue weighted by atomic mass is 16.6. The van der Waals surface area contributed by atoms with E-state index >= 15 is 0 Å². The van der Waals surface area contributed by atoms with E-state index in [2.05, 4.69) is 73.4 Å². The summed E-state index contributed by atoms with van der Waals surface area (Å²) in [4.78, 5) is 28.4. The molecule has 10 unspecified atom stereocenters. The molecular formula is C40H43NO4. The Morgan fingerprint density at radius 1 is 1.07 bits per heavy atom. The van der Waals surface area contributed by atoms with E-state index in [-0.39, 0.29) is 29.2 Å². The molecule has 1 aromatic carbocycles. The van der Waals surface area contributed by atoms with Crippen LogP contribution in [0.25, 0.3) is 0 Å². The van der Waals surface area contributed by atoms with Gasteiger partial charge in [0.1, 0.15) is 11.2 Å². The molecule has 1 saturated heterocycles. The van der Waals surface area contributed by atoms with Crippen molar-refractivity contribution >= 4 is 11.9 Å². The third-order valence-electron chi connectivity index (χ3n) is 13.5. The number of hydrogen-bond donors (Lipinski definition) is 1. The maximum absolute atomic E-state index is 14.4. The summed E-state index contributed by atoms with van der Waals surface area (Å²) in [6, 6.07) is 6.18. The number of carbonyl (C=O) groups excluding carboxylic acids is 2. The van der Waals surface area contributed by atoms with Gasteiger partial charge in [0.25, 0.3) is 0 Å². The quantitative estimate of drug-likeness (QED) is 0.225. The molecule has 0 amide bonds. The lowest BCUT2D eigenvalue weighted by Crippen LogP contribution is -2.75. The number of nitrogens with two attached hydrogens (primary N) is 1. The first-order chi connectivity index (χ1) is 21.9. The molecule has 4 bridgehead atoms. The number of allylic oxidation sites excluding steroid dienone is 6. The summed E-state index contributed by atoms with van der Waals surface area (Å²) in [5, 5.41) is 0. The van der Waals surface area contributed by atoms with Crippen LogP contribution in [-0.4, -0.2) is 18.5 Å². The number of fused-ring (bicyclic) bond motifs is 5. The Labute approximate surface area is 266 Å². The van der Waals surface area contributed by atoms with Crippen LogP contribution >= 0.6 is 0 Å². The van der Waals surface area contributed by atoms with Crippen LogP contribution in [0.4, 0.5) is 0 Å². The van der Waals surface area contributed by atoms with Gasteiger partial charge in [-0.3, -0.25) is 4.79 Å². The molecule has 3 saturated carbocycles. The van der Waals surface area contributed by atoms with Crippen molar-refractivity contribution < 1.29 is 19.1 Å². The second-order valence-electron chi connectivity index (χ2n) is 15.2. The fourth-order valence-corrected chi connectivity index (χ4v) is 12.0. The van der Waals surface area contributed by atoms with Crippen LogP contribution in [0.2, 0.25) is 0 Å². The predicted octanol–water partition coefficient (Wildman–Crippen LogP) is 6.94. The Bertz CT molecular complexity index is 1690. The average Bonchev–Trinajstić information content (AvgIpc) is 3.62. The molecule has 0 aromatic heterocycles. The van der Waals surface area contributed by atoms with Gasteiger partial charge in [0.15, 0.2) is 5.60 Å². The summed E-state index contributed by atoms with van der Waals surface area (Å²) in [7, 11) is 0. The summed E-state index contributed by atoms with van der Waals surface area (Å²) < 4.78 is 13.3. The molecule has 0 radical (unpaired) electrons. The van der Waals surface area contributed by atoms with Crippen molar-refractivity contribution in [3.05, 3.63) is 83.2 Å². The molecule has 10 atom stereocenters. The third-order valence-corrected chi connectivity index (χ3v) is 13.5. The second-order valence-corrected chi connectivity index (χ2v) is 15.2. The Morgan fingerprint density at radius 2 is 1.98 bits per heavy atom. The minimum atomic E-state index is -0.967. The molecule has 2 N–H and O–H groups in total. The molecule has 232 valence electrons. The summed E-state index contributed by atoms with van der Waals surface area (Å²) in [6.45, 7) is 2.71. The minimum absolute atomic E-state index is 0.0482. The van der Waals surface area contributed by atoms with E-state index in [1.807, 2.05) is 6.07 Å². The molecule has 2 heterocycles. The molecular weight excluding hydrogens is 558 g/mol. The molecule has 1 aromatic rings. The van der Waals surface area contributed by atoms with Gasteiger partial charge in [-0.25, -0.2) is 4.79 Å². The van der Waals surface area contributed by atoms with E-state index in [1.165, 1.54) is 19.3 Å². The normalized spacial score (nSPS) is 43.9. The number of rotatable bonds is 5. The Hall–Kier alpha value is -3.36. The van der Waals surface area contributed by atoms with Crippen molar-refractivity contribution in [3.8, 4) is 11.8 Å². The molecule has 6 aliphatic carbocycles. The molecule has 45 heavy (non-hydrogen) atoms. The molecule has 8 aliphatic rings. The zero-order chi connectivity index (χ0) is 30.6. The van der Waals surface area contributed by atoms with Crippen LogP contribution in [0.3, 0.4) is 0 Å². The lowest BCUT2D eigenvalue weighted by molar-refractivity contribution is -0.272. The second kappa shape index (κ2) is 9.58. The summed E-state index contributed by atoms with van der Waals surface area (Å²) in [5.74, 6) is 9.55. The monoisotopic (exact) mass is 601 g/mol. The van der Waals surface area contributed by atoms with Crippen molar-refractivity contribution in [2.24, 2.45) is 57.5 Å². The fraction of sp³-hybridized carbons (Fsp3) is 0.550. The topological polar surface area (TPSA) is 78.6 Å². The first-order valence-corrected chi connectivity index (χ1v) is 17.5. The number of carbonyl (C=O) groups is 2. The first-order valence-electron chi connectivity index (χ1n) is 17.5. The smallest absolute Gasteiger partial charge is 0.339 e. The fourth-order valence-electron chi connectivity index (χ4n) is 12.0. The predicted molar refractivity (Wildman–Crippen MR) is 171 cm³/mol. The van der Waals surface area contributed by atoms with Crippen LogP contribution in [0.1, 0.15) is 86.2 Å². The van der Waals surface area contributed by atoms with E-state index in [0.29, 0.717) is 36.3 Å². The van der Waals surface area contributed by atoms with Crippen LogP contribution in [-0.2, 0) is 26.3 Å². The Balaban J connectivity index is 1.25. The van der Waals surface area contributed by atoms with Crippen molar-refractivity contribution in [2.75, 3.05) is 6.54 Å². The van der Waals surface area contributed by atoms with Gasteiger partial charge in [-0.1, -0.05) is 79.8 Å². The summed E-state index contributed by atoms with van der Waals surface area (Å²) in [6.07, 6.45) is 25.4. The van der Waals surface area contributed by atoms with E-state index < -0.39 is 16.4 Å². The first kappa shape index (κ1) is 27.9. The van der Waals surface area contributed by atoms with Crippen LogP contribution in [0, 0.1) is 63.6 Å². The zero-order valence-electron chi connectivity index (χ0n) is 26.2. The van der Waals surface area contributed by atoms with E-state index in [9.17, 15) is 9.59 Å². The Morgan fingerprint density at radius 3 is 2.84 bits per heavy atom. The van der Waals surface area contributed by atoms with Crippen LogP contribution in [0.5, 0.6) is 0 Å². The highest BCUT2D eigenvalue weighted by molar-refractivity contribution is 5.99. The van der Waals surface area contributed by atoms with Crippen LogP contribution < -0.4 is 5.73 Å². The molecule has 5 nitrogen and oxygen atoms in total. The van der Waals surface area contributed by atoms with Crippen molar-refractivity contribution in [1.82, 2.24) is 0 Å². The SMILES string of the molecule is CCCC1C23C=CC4C#CC5CCC6CC7C=CC=CC7(C6)C5CC=C(OC2=O)C3(C4)C12OC(=O)c1c(CCCN)cccc12. The number of aryl methyl sites for hydroxylation is 1. The van der Waals surface area contributed by atoms with Gasteiger partial charge in [-0.15, -0.1) is 0 Å².